The second-order valence-electron chi connectivity index (χ2n) is 7.74. The average Bonchev–Trinajstić information content (AvgIpc) is 2.61. The Balaban J connectivity index is -0.000000951. The number of quaternary nitrogens is 1. The quantitative estimate of drug-likeness (QED) is 0.288. The van der Waals surface area contributed by atoms with Crippen LogP contribution in [0.4, 0.5) is 0 Å². The average molecular weight is 392 g/mol. The Morgan fingerprint density at radius 2 is 0.885 bits per heavy atom. The van der Waals surface area contributed by atoms with E-state index in [4.69, 9.17) is 5.11 Å². The lowest BCUT2D eigenvalue weighted by molar-refractivity contribution is -0.858. The fourth-order valence-electron chi connectivity index (χ4n) is 3.03. The SMILES string of the molecule is CC=CO.CCCCCCCCCCCCCCCCCC[NH+](C)C.[Cl-]. The summed E-state index contributed by atoms with van der Waals surface area (Å²) in [6.45, 7) is 5.39. The molecule has 0 bridgehead atoms. The summed E-state index contributed by atoms with van der Waals surface area (Å²) >= 11 is 0. The zero-order valence-electron chi connectivity index (χ0n) is 18.5. The molecule has 0 aliphatic carbocycles. The highest BCUT2D eigenvalue weighted by atomic mass is 35.5. The van der Waals surface area contributed by atoms with Gasteiger partial charge in [-0.05, 0) is 19.8 Å². The number of aliphatic hydroxyl groups is 1. The van der Waals surface area contributed by atoms with Gasteiger partial charge in [-0.1, -0.05) is 103 Å². The normalized spacial score (nSPS) is 10.7. The van der Waals surface area contributed by atoms with E-state index in [9.17, 15) is 0 Å². The first-order valence-corrected chi connectivity index (χ1v) is 11.2. The molecule has 0 aromatic heterocycles. The van der Waals surface area contributed by atoms with Crippen LogP contribution in [-0.2, 0) is 0 Å². The molecular weight excluding hydrogens is 342 g/mol. The van der Waals surface area contributed by atoms with Crippen LogP contribution in [0.15, 0.2) is 12.3 Å². The van der Waals surface area contributed by atoms with Crippen LogP contribution in [0.25, 0.3) is 0 Å². The predicted molar refractivity (Wildman–Crippen MR) is 115 cm³/mol. The Morgan fingerprint density at radius 3 is 1.12 bits per heavy atom. The maximum atomic E-state index is 7.69. The number of hydrogen-bond donors (Lipinski definition) is 2. The van der Waals surface area contributed by atoms with Gasteiger partial charge in [0.2, 0.25) is 0 Å². The second-order valence-corrected chi connectivity index (χ2v) is 7.74. The Kier molecular flexibility index (Phi) is 34.7. The summed E-state index contributed by atoms with van der Waals surface area (Å²) in [5, 5.41) is 7.69. The molecule has 0 fully saturated rings. The molecule has 0 heterocycles. The molecule has 0 radical (unpaired) electrons. The van der Waals surface area contributed by atoms with E-state index in [1.54, 1.807) is 17.9 Å². The second kappa shape index (κ2) is 29.5. The number of rotatable bonds is 17. The first-order chi connectivity index (χ1) is 12.2. The van der Waals surface area contributed by atoms with Crippen molar-refractivity contribution in [3.8, 4) is 0 Å². The Morgan fingerprint density at radius 1 is 0.615 bits per heavy atom. The molecule has 3 heteroatoms. The molecule has 2 N–H and O–H groups in total. The standard InChI is InChI=1S/C20H43N.C3H6O.ClH/c1-4-5-6-7-8-9-10-11-12-13-14-15-16-17-18-19-20-21(2)3;1-2-3-4;/h4-20H2,1-3H3;2-4H,1H3;1H. The molecule has 0 aliphatic rings. The Labute approximate surface area is 172 Å². The van der Waals surface area contributed by atoms with Crippen LogP contribution in [0.3, 0.4) is 0 Å². The number of unbranched alkanes of at least 4 members (excludes halogenated alkanes) is 15. The van der Waals surface area contributed by atoms with Crippen molar-refractivity contribution in [2.45, 2.75) is 117 Å². The van der Waals surface area contributed by atoms with Crippen LogP contribution >= 0.6 is 0 Å². The van der Waals surface area contributed by atoms with E-state index < -0.39 is 0 Å². The minimum Gasteiger partial charge on any atom is -1.00 e. The molecule has 160 valence electrons. The Bertz CT molecular complexity index is 240. The highest BCUT2D eigenvalue weighted by Gasteiger charge is 1.96. The number of allylic oxidation sites excluding steroid dienone is 1. The van der Waals surface area contributed by atoms with Gasteiger partial charge >= 0.3 is 0 Å². The van der Waals surface area contributed by atoms with Crippen LogP contribution in [0.1, 0.15) is 117 Å². The molecule has 0 aliphatic heterocycles. The van der Waals surface area contributed by atoms with Crippen molar-refractivity contribution in [3.63, 3.8) is 0 Å². The largest absolute Gasteiger partial charge is 1.00 e. The van der Waals surface area contributed by atoms with E-state index in [0.29, 0.717) is 0 Å². The van der Waals surface area contributed by atoms with Crippen molar-refractivity contribution in [1.29, 1.82) is 0 Å². The van der Waals surface area contributed by atoms with Crippen LogP contribution in [0.2, 0.25) is 0 Å². The molecule has 0 saturated carbocycles. The van der Waals surface area contributed by atoms with E-state index in [0.717, 1.165) is 6.26 Å². The van der Waals surface area contributed by atoms with Gasteiger partial charge < -0.3 is 22.4 Å². The van der Waals surface area contributed by atoms with Crippen molar-refractivity contribution < 1.29 is 22.4 Å². The molecule has 0 unspecified atom stereocenters. The summed E-state index contributed by atoms with van der Waals surface area (Å²) in [5.41, 5.74) is 0. The van der Waals surface area contributed by atoms with E-state index in [1.165, 1.54) is 109 Å². The van der Waals surface area contributed by atoms with Crippen molar-refractivity contribution >= 4 is 0 Å². The minimum absolute atomic E-state index is 0. The number of hydrogen-bond acceptors (Lipinski definition) is 1. The van der Waals surface area contributed by atoms with Crippen molar-refractivity contribution in [2.75, 3.05) is 20.6 Å². The Hall–Kier alpha value is -0.210. The molecule has 0 spiro atoms. The van der Waals surface area contributed by atoms with Crippen molar-refractivity contribution in [3.05, 3.63) is 12.3 Å². The van der Waals surface area contributed by atoms with Crippen molar-refractivity contribution in [2.24, 2.45) is 0 Å². The number of nitrogens with one attached hydrogen (secondary N) is 1. The topological polar surface area (TPSA) is 24.7 Å². The van der Waals surface area contributed by atoms with E-state index in [2.05, 4.69) is 21.0 Å². The van der Waals surface area contributed by atoms with E-state index in [1.807, 2.05) is 0 Å². The molecule has 0 rings (SSSR count). The smallest absolute Gasteiger partial charge is 0.0766 e. The van der Waals surface area contributed by atoms with Gasteiger partial charge in [-0.15, -0.1) is 0 Å². The van der Waals surface area contributed by atoms with Gasteiger partial charge in [-0.25, -0.2) is 0 Å². The summed E-state index contributed by atoms with van der Waals surface area (Å²) in [5.74, 6) is 0. The highest BCUT2D eigenvalue weighted by molar-refractivity contribution is 4.60. The maximum absolute atomic E-state index is 7.69. The lowest BCUT2D eigenvalue weighted by Crippen LogP contribution is -3.05. The molecule has 0 saturated heterocycles. The first kappa shape index (κ1) is 30.5. The third-order valence-electron chi connectivity index (χ3n) is 4.68. The molecule has 26 heavy (non-hydrogen) atoms. The summed E-state index contributed by atoms with van der Waals surface area (Å²) in [7, 11) is 4.51. The zero-order chi connectivity index (χ0) is 19.0. The van der Waals surface area contributed by atoms with Gasteiger partial charge in [0.05, 0.1) is 26.9 Å². The fraction of sp³-hybridized carbons (Fsp3) is 0.913. The summed E-state index contributed by atoms with van der Waals surface area (Å²) in [6, 6.07) is 0. The predicted octanol–water partition coefficient (Wildman–Crippen LogP) is 3.47. The molecule has 0 atom stereocenters. The van der Waals surface area contributed by atoms with E-state index >= 15 is 0 Å². The van der Waals surface area contributed by atoms with Crippen LogP contribution in [0.5, 0.6) is 0 Å². The summed E-state index contributed by atoms with van der Waals surface area (Å²) in [6.07, 6.45) is 26.0. The molecule has 2 nitrogen and oxygen atoms in total. The third-order valence-corrected chi connectivity index (χ3v) is 4.68. The van der Waals surface area contributed by atoms with Gasteiger partial charge in [-0.2, -0.15) is 0 Å². The molecule has 0 aromatic rings. The maximum Gasteiger partial charge on any atom is 0.0766 e. The van der Waals surface area contributed by atoms with Crippen LogP contribution < -0.4 is 17.3 Å². The third kappa shape index (κ3) is 35.0. The van der Waals surface area contributed by atoms with Gasteiger partial charge in [0.1, 0.15) is 0 Å². The highest BCUT2D eigenvalue weighted by Crippen LogP contribution is 2.13. The van der Waals surface area contributed by atoms with E-state index in [-0.39, 0.29) is 12.4 Å². The van der Waals surface area contributed by atoms with Gasteiger partial charge in [0.25, 0.3) is 0 Å². The molecule has 0 aromatic carbocycles. The first-order valence-electron chi connectivity index (χ1n) is 11.2. The summed E-state index contributed by atoms with van der Waals surface area (Å²) < 4.78 is 0. The van der Waals surface area contributed by atoms with Gasteiger partial charge in [0, 0.05) is 0 Å². The fourth-order valence-corrected chi connectivity index (χ4v) is 3.03. The lowest BCUT2D eigenvalue weighted by atomic mass is 10.0. The number of halogens is 1. The minimum atomic E-state index is 0. The molecular formula is C23H50ClNO. The van der Waals surface area contributed by atoms with Gasteiger partial charge in [-0.3, -0.25) is 0 Å². The zero-order valence-corrected chi connectivity index (χ0v) is 19.3. The van der Waals surface area contributed by atoms with Gasteiger partial charge in [0.15, 0.2) is 0 Å². The van der Waals surface area contributed by atoms with Crippen LogP contribution in [0, 0.1) is 0 Å². The monoisotopic (exact) mass is 391 g/mol. The molecule has 0 amide bonds. The lowest BCUT2D eigenvalue weighted by Gasteiger charge is -2.06. The number of aliphatic hydroxyl groups excluding tert-OH is 1. The van der Waals surface area contributed by atoms with Crippen molar-refractivity contribution in [1.82, 2.24) is 0 Å². The summed E-state index contributed by atoms with van der Waals surface area (Å²) in [4.78, 5) is 1.60. The van der Waals surface area contributed by atoms with Crippen LogP contribution in [-0.4, -0.2) is 25.7 Å².